The first-order chi connectivity index (χ1) is 14.4. The predicted molar refractivity (Wildman–Crippen MR) is 129 cm³/mol. The number of carbonyl (C=O) groups excluding carboxylic acids is 1. The van der Waals surface area contributed by atoms with Gasteiger partial charge in [0, 0.05) is 15.1 Å². The second-order valence-electron chi connectivity index (χ2n) is 9.32. The lowest BCUT2D eigenvalue weighted by molar-refractivity contribution is -0.153. The van der Waals surface area contributed by atoms with Gasteiger partial charge >= 0.3 is 14.2 Å². The maximum absolute atomic E-state index is 13.5. The maximum Gasteiger partial charge on any atom is 0.694 e. The first kappa shape index (κ1) is 25.8. The summed E-state index contributed by atoms with van der Waals surface area (Å²) in [6.07, 6.45) is 1.42. The zero-order chi connectivity index (χ0) is 23.3. The van der Waals surface area contributed by atoms with Crippen LogP contribution in [0.3, 0.4) is 0 Å². The van der Waals surface area contributed by atoms with Gasteiger partial charge in [-0.1, -0.05) is 65.0 Å². The van der Waals surface area contributed by atoms with Gasteiger partial charge in [-0.05, 0) is 48.1 Å². The van der Waals surface area contributed by atoms with Crippen LogP contribution in [0.4, 0.5) is 0 Å². The van der Waals surface area contributed by atoms with E-state index in [1.165, 1.54) is 0 Å². The van der Waals surface area contributed by atoms with Crippen LogP contribution >= 0.6 is 20.0 Å². The highest BCUT2D eigenvalue weighted by Crippen LogP contribution is 2.50. The Kier molecular flexibility index (Phi) is 8.69. The van der Waals surface area contributed by atoms with E-state index in [1.54, 1.807) is 11.8 Å². The lowest BCUT2D eigenvalue weighted by Gasteiger charge is -2.45. The molecule has 0 saturated carbocycles. The van der Waals surface area contributed by atoms with Crippen LogP contribution in [-0.2, 0) is 13.9 Å². The molecular formula is C24H34O5PS+. The second-order valence-corrected chi connectivity index (χ2v) is 11.9. The molecule has 0 radical (unpaired) electrons. The van der Waals surface area contributed by atoms with Crippen LogP contribution in [0.15, 0.2) is 42.5 Å². The van der Waals surface area contributed by atoms with E-state index in [0.29, 0.717) is 17.9 Å². The molecule has 0 aliphatic rings. The average Bonchev–Trinajstić information content (AvgIpc) is 2.70. The third-order valence-corrected chi connectivity index (χ3v) is 8.02. The summed E-state index contributed by atoms with van der Waals surface area (Å²) in [6.45, 7) is 12.7. The van der Waals surface area contributed by atoms with E-state index < -0.39 is 13.7 Å². The number of hydrogen-bond donors (Lipinski definition) is 1. The summed E-state index contributed by atoms with van der Waals surface area (Å²) in [5.74, 6) is 0.877. The topological polar surface area (TPSA) is 72.8 Å². The molecule has 2 unspecified atom stereocenters. The molecule has 0 fully saturated rings. The number of rotatable bonds is 11. The number of ether oxygens (including phenoxy) is 1. The van der Waals surface area contributed by atoms with Gasteiger partial charge in [-0.15, -0.1) is 9.42 Å². The Balaban J connectivity index is 2.22. The molecule has 0 aromatic heterocycles. The fourth-order valence-corrected chi connectivity index (χ4v) is 5.25. The van der Waals surface area contributed by atoms with Gasteiger partial charge in [-0.3, -0.25) is 4.79 Å². The molecule has 0 spiro atoms. The van der Waals surface area contributed by atoms with Gasteiger partial charge in [0.2, 0.25) is 0 Å². The number of fused-ring (bicyclic) bond motifs is 1. The summed E-state index contributed by atoms with van der Waals surface area (Å²) >= 11 is 1.63. The third kappa shape index (κ3) is 6.76. The van der Waals surface area contributed by atoms with Crippen molar-refractivity contribution in [3.05, 3.63) is 42.5 Å². The molecule has 31 heavy (non-hydrogen) atoms. The van der Waals surface area contributed by atoms with Crippen molar-refractivity contribution in [1.29, 1.82) is 0 Å². The van der Waals surface area contributed by atoms with Crippen LogP contribution in [0.2, 0.25) is 0 Å². The quantitative estimate of drug-likeness (QED) is 0.171. The van der Waals surface area contributed by atoms with E-state index in [0.717, 1.165) is 17.2 Å². The Morgan fingerprint density at radius 2 is 1.71 bits per heavy atom. The van der Waals surface area contributed by atoms with Crippen LogP contribution < -0.4 is 4.74 Å². The largest absolute Gasteiger partial charge is 0.694 e. The first-order valence-electron chi connectivity index (χ1n) is 10.5. The van der Waals surface area contributed by atoms with Gasteiger partial charge in [0.05, 0.1) is 5.41 Å². The van der Waals surface area contributed by atoms with Crippen LogP contribution in [-0.4, -0.2) is 28.0 Å². The zero-order valence-electron chi connectivity index (χ0n) is 19.3. The minimum Gasteiger partial charge on any atom is -0.426 e. The van der Waals surface area contributed by atoms with Gasteiger partial charge in [-0.25, -0.2) is 0 Å². The predicted octanol–water partition coefficient (Wildman–Crippen LogP) is 6.76. The van der Waals surface area contributed by atoms with Gasteiger partial charge in [0.15, 0.2) is 0 Å². The standard InChI is InChI=1S/C24H33O5PS/c1-7-22(2,3)24(6,17-23(4,5)31-15-14-28-30(26)27)21(25)29-20-13-12-18-10-8-9-11-19(18)16-20/h8-13,16H,7,14-15,17H2,1-6H3/p+1. The molecule has 0 aliphatic heterocycles. The van der Waals surface area contributed by atoms with E-state index >= 15 is 0 Å². The summed E-state index contributed by atoms with van der Waals surface area (Å²) < 4.78 is 21.2. The van der Waals surface area contributed by atoms with Crippen molar-refractivity contribution < 1.29 is 23.5 Å². The lowest BCUT2D eigenvalue weighted by Crippen LogP contribution is -2.48. The molecule has 0 saturated heterocycles. The van der Waals surface area contributed by atoms with Gasteiger partial charge in [0.25, 0.3) is 0 Å². The van der Waals surface area contributed by atoms with Gasteiger partial charge < -0.3 is 4.74 Å². The number of carbonyl (C=O) groups is 1. The molecule has 7 heteroatoms. The highest BCUT2D eigenvalue weighted by Gasteiger charge is 2.50. The van der Waals surface area contributed by atoms with Crippen LogP contribution in [0.1, 0.15) is 54.4 Å². The van der Waals surface area contributed by atoms with Gasteiger partial charge in [0.1, 0.15) is 12.4 Å². The minimum absolute atomic E-state index is 0.190. The summed E-state index contributed by atoms with van der Waals surface area (Å²) in [5, 5.41) is 2.13. The van der Waals surface area contributed by atoms with Crippen molar-refractivity contribution in [1.82, 2.24) is 0 Å². The number of hydrogen-bond acceptors (Lipinski definition) is 5. The van der Waals surface area contributed by atoms with E-state index in [1.807, 2.05) is 49.4 Å². The second kappa shape index (κ2) is 10.4. The Labute approximate surface area is 190 Å². The Morgan fingerprint density at radius 1 is 1.06 bits per heavy atom. The highest BCUT2D eigenvalue weighted by molar-refractivity contribution is 8.00. The average molecular weight is 466 g/mol. The van der Waals surface area contributed by atoms with Crippen molar-refractivity contribution in [2.75, 3.05) is 12.4 Å². The van der Waals surface area contributed by atoms with Crippen LogP contribution in [0, 0.1) is 10.8 Å². The van der Waals surface area contributed by atoms with Crippen molar-refractivity contribution in [2.24, 2.45) is 10.8 Å². The third-order valence-electron chi connectivity index (χ3n) is 6.32. The van der Waals surface area contributed by atoms with Crippen molar-refractivity contribution in [2.45, 2.75) is 59.1 Å². The smallest absolute Gasteiger partial charge is 0.426 e. The summed E-state index contributed by atoms with van der Waals surface area (Å²) in [7, 11) is -2.59. The molecule has 0 aliphatic carbocycles. The molecule has 2 aromatic rings. The summed E-state index contributed by atoms with van der Waals surface area (Å²) in [4.78, 5) is 22.3. The summed E-state index contributed by atoms with van der Waals surface area (Å²) in [5.41, 5.74) is -1.02. The fourth-order valence-electron chi connectivity index (χ4n) is 3.76. The molecule has 170 valence electrons. The van der Waals surface area contributed by atoms with Crippen molar-refractivity contribution in [3.63, 3.8) is 0 Å². The molecule has 0 amide bonds. The van der Waals surface area contributed by atoms with E-state index in [9.17, 15) is 9.36 Å². The first-order valence-corrected chi connectivity index (χ1v) is 12.7. The molecule has 0 heterocycles. The Hall–Kier alpha value is -1.46. The zero-order valence-corrected chi connectivity index (χ0v) is 21.0. The summed E-state index contributed by atoms with van der Waals surface area (Å²) in [6, 6.07) is 13.7. The van der Waals surface area contributed by atoms with E-state index in [-0.39, 0.29) is 22.7 Å². The molecule has 2 aromatic carbocycles. The molecule has 0 bridgehead atoms. The normalized spacial score (nSPS) is 14.9. The number of benzene rings is 2. The van der Waals surface area contributed by atoms with Crippen molar-refractivity contribution >= 4 is 36.8 Å². The molecule has 1 N–H and O–H groups in total. The van der Waals surface area contributed by atoms with Crippen molar-refractivity contribution in [3.8, 4) is 5.75 Å². The maximum atomic E-state index is 13.5. The van der Waals surface area contributed by atoms with Gasteiger partial charge in [-0.2, -0.15) is 11.8 Å². The Morgan fingerprint density at radius 3 is 2.32 bits per heavy atom. The molecule has 2 rings (SSSR count). The van der Waals surface area contributed by atoms with E-state index in [2.05, 4.69) is 34.6 Å². The van der Waals surface area contributed by atoms with Crippen LogP contribution in [0.5, 0.6) is 5.75 Å². The fraction of sp³-hybridized carbons (Fsp3) is 0.542. The number of esters is 1. The minimum atomic E-state index is -2.59. The molecular weight excluding hydrogens is 431 g/mol. The molecule has 2 atom stereocenters. The highest BCUT2D eigenvalue weighted by atomic mass is 32.2. The number of thioether (sulfide) groups is 1. The van der Waals surface area contributed by atoms with E-state index in [4.69, 9.17) is 14.2 Å². The Bertz CT molecular complexity index is 927. The van der Waals surface area contributed by atoms with Crippen LogP contribution in [0.25, 0.3) is 10.8 Å². The molecule has 5 nitrogen and oxygen atoms in total. The lowest BCUT2D eigenvalue weighted by atomic mass is 9.61. The SMILES string of the molecule is CCC(C)(C)C(C)(CC(C)(C)SCCO[P+](=O)O)C(=O)Oc1ccc2ccccc2c1. The monoisotopic (exact) mass is 465 g/mol.